The van der Waals surface area contributed by atoms with Gasteiger partial charge in [-0.2, -0.15) is 0 Å². The Morgan fingerprint density at radius 1 is 1.29 bits per heavy atom. The first-order chi connectivity index (χ1) is 8.24. The second-order valence-electron chi connectivity index (χ2n) is 5.10. The van der Waals surface area contributed by atoms with Gasteiger partial charge in [-0.3, -0.25) is 0 Å². The average molecular weight is 243 g/mol. The maximum atomic E-state index is 5.98. The third-order valence-electron chi connectivity index (χ3n) is 3.63. The third-order valence-corrected chi connectivity index (χ3v) is 3.63. The maximum absolute atomic E-state index is 5.98. The van der Waals surface area contributed by atoms with Crippen LogP contribution in [0.1, 0.15) is 40.0 Å². The molecule has 102 valence electrons. The standard InChI is InChI=1S/C14H29NO2/c1-5-15-13(11(3)9-10-16-4)14(17-6-2)12-7-8-12/h11-15H,5-10H2,1-4H3. The van der Waals surface area contributed by atoms with E-state index in [1.54, 1.807) is 7.11 Å². The Balaban J connectivity index is 2.53. The van der Waals surface area contributed by atoms with Crippen molar-refractivity contribution in [3.8, 4) is 0 Å². The predicted molar refractivity (Wildman–Crippen MR) is 71.3 cm³/mol. The average Bonchev–Trinajstić information content (AvgIpc) is 3.14. The monoisotopic (exact) mass is 243 g/mol. The van der Waals surface area contributed by atoms with Crippen molar-refractivity contribution in [2.45, 2.75) is 52.2 Å². The van der Waals surface area contributed by atoms with Gasteiger partial charge in [0.2, 0.25) is 0 Å². The zero-order valence-electron chi connectivity index (χ0n) is 11.9. The first kappa shape index (κ1) is 14.9. The molecule has 0 heterocycles. The van der Waals surface area contributed by atoms with E-state index in [0.29, 0.717) is 18.1 Å². The number of rotatable bonds is 10. The van der Waals surface area contributed by atoms with Crippen LogP contribution in [-0.4, -0.2) is 39.0 Å². The lowest BCUT2D eigenvalue weighted by Crippen LogP contribution is -2.47. The van der Waals surface area contributed by atoms with E-state index in [9.17, 15) is 0 Å². The summed E-state index contributed by atoms with van der Waals surface area (Å²) < 4.78 is 11.2. The molecule has 1 aliphatic carbocycles. The zero-order valence-corrected chi connectivity index (χ0v) is 11.9. The summed E-state index contributed by atoms with van der Waals surface area (Å²) in [5.41, 5.74) is 0. The van der Waals surface area contributed by atoms with Crippen LogP contribution in [0.5, 0.6) is 0 Å². The highest BCUT2D eigenvalue weighted by Crippen LogP contribution is 2.37. The lowest BCUT2D eigenvalue weighted by atomic mass is 9.91. The summed E-state index contributed by atoms with van der Waals surface area (Å²) >= 11 is 0. The van der Waals surface area contributed by atoms with Crippen LogP contribution in [0.4, 0.5) is 0 Å². The van der Waals surface area contributed by atoms with Crippen molar-refractivity contribution < 1.29 is 9.47 Å². The van der Waals surface area contributed by atoms with Crippen LogP contribution < -0.4 is 5.32 Å². The number of nitrogens with one attached hydrogen (secondary N) is 1. The molecule has 1 N–H and O–H groups in total. The summed E-state index contributed by atoms with van der Waals surface area (Å²) in [7, 11) is 1.77. The molecule has 3 heteroatoms. The van der Waals surface area contributed by atoms with Gasteiger partial charge in [-0.1, -0.05) is 13.8 Å². The SMILES string of the molecule is CCNC(C(C)CCOC)C(OCC)C1CC1. The van der Waals surface area contributed by atoms with Gasteiger partial charge in [0, 0.05) is 26.4 Å². The van der Waals surface area contributed by atoms with Crippen molar-refractivity contribution in [2.24, 2.45) is 11.8 Å². The van der Waals surface area contributed by atoms with Crippen LogP contribution in [0.2, 0.25) is 0 Å². The van der Waals surface area contributed by atoms with E-state index >= 15 is 0 Å². The van der Waals surface area contributed by atoms with Crippen LogP contribution >= 0.6 is 0 Å². The largest absolute Gasteiger partial charge is 0.385 e. The molecule has 3 atom stereocenters. The molecule has 0 saturated heterocycles. The summed E-state index contributed by atoms with van der Waals surface area (Å²) in [6.45, 7) is 9.25. The van der Waals surface area contributed by atoms with Gasteiger partial charge in [-0.05, 0) is 44.6 Å². The second kappa shape index (κ2) is 8.06. The zero-order chi connectivity index (χ0) is 12.7. The van der Waals surface area contributed by atoms with Gasteiger partial charge >= 0.3 is 0 Å². The van der Waals surface area contributed by atoms with Crippen molar-refractivity contribution in [1.29, 1.82) is 0 Å². The molecular formula is C14H29NO2. The minimum atomic E-state index is 0.395. The fourth-order valence-electron chi connectivity index (χ4n) is 2.51. The van der Waals surface area contributed by atoms with E-state index in [-0.39, 0.29) is 0 Å². The van der Waals surface area contributed by atoms with Gasteiger partial charge in [-0.15, -0.1) is 0 Å². The minimum absolute atomic E-state index is 0.395. The van der Waals surface area contributed by atoms with Gasteiger partial charge in [0.25, 0.3) is 0 Å². The Kier molecular flexibility index (Phi) is 7.09. The van der Waals surface area contributed by atoms with Crippen LogP contribution in [-0.2, 0) is 9.47 Å². The summed E-state index contributed by atoms with van der Waals surface area (Å²) in [4.78, 5) is 0. The van der Waals surface area contributed by atoms with Crippen LogP contribution in [0, 0.1) is 11.8 Å². The molecule has 1 fully saturated rings. The molecule has 0 aliphatic heterocycles. The molecule has 0 bridgehead atoms. The van der Waals surface area contributed by atoms with Gasteiger partial charge < -0.3 is 14.8 Å². The fraction of sp³-hybridized carbons (Fsp3) is 1.00. The highest BCUT2D eigenvalue weighted by molar-refractivity contribution is 4.92. The molecule has 0 amide bonds. The molecule has 0 aromatic heterocycles. The highest BCUT2D eigenvalue weighted by Gasteiger charge is 2.38. The first-order valence-electron chi connectivity index (χ1n) is 7.08. The molecule has 0 spiro atoms. The molecule has 3 unspecified atom stereocenters. The normalized spacial score (nSPS) is 21.2. The smallest absolute Gasteiger partial charge is 0.0758 e. The number of methoxy groups -OCH3 is 1. The molecule has 0 aromatic carbocycles. The van der Waals surface area contributed by atoms with E-state index in [1.807, 2.05) is 0 Å². The lowest BCUT2D eigenvalue weighted by molar-refractivity contribution is 0.00152. The summed E-state index contributed by atoms with van der Waals surface area (Å²) in [6, 6.07) is 0.475. The highest BCUT2D eigenvalue weighted by atomic mass is 16.5. The lowest BCUT2D eigenvalue weighted by Gasteiger charge is -2.32. The van der Waals surface area contributed by atoms with E-state index in [0.717, 1.165) is 32.1 Å². The van der Waals surface area contributed by atoms with Gasteiger partial charge in [-0.25, -0.2) is 0 Å². The quantitative estimate of drug-likeness (QED) is 0.639. The number of ether oxygens (including phenoxy) is 2. The van der Waals surface area contributed by atoms with E-state index in [4.69, 9.17) is 9.47 Å². The van der Waals surface area contributed by atoms with Crippen molar-refractivity contribution in [2.75, 3.05) is 26.9 Å². The van der Waals surface area contributed by atoms with E-state index in [2.05, 4.69) is 26.1 Å². The Morgan fingerprint density at radius 2 is 2.00 bits per heavy atom. The molecule has 1 aliphatic rings. The Bertz CT molecular complexity index is 195. The molecular weight excluding hydrogens is 214 g/mol. The Labute approximate surface area is 106 Å². The maximum Gasteiger partial charge on any atom is 0.0758 e. The van der Waals surface area contributed by atoms with Crippen molar-refractivity contribution in [3.63, 3.8) is 0 Å². The number of hydrogen-bond acceptors (Lipinski definition) is 3. The van der Waals surface area contributed by atoms with Gasteiger partial charge in [0.15, 0.2) is 0 Å². The molecule has 17 heavy (non-hydrogen) atoms. The molecule has 0 radical (unpaired) electrons. The van der Waals surface area contributed by atoms with Gasteiger partial charge in [0.05, 0.1) is 6.10 Å². The minimum Gasteiger partial charge on any atom is -0.385 e. The third kappa shape index (κ3) is 4.94. The predicted octanol–water partition coefficient (Wildman–Crippen LogP) is 2.45. The summed E-state index contributed by atoms with van der Waals surface area (Å²) in [5, 5.41) is 3.62. The van der Waals surface area contributed by atoms with Crippen LogP contribution in [0.25, 0.3) is 0 Å². The number of hydrogen-bond donors (Lipinski definition) is 1. The van der Waals surface area contributed by atoms with Crippen molar-refractivity contribution in [1.82, 2.24) is 5.32 Å². The topological polar surface area (TPSA) is 30.5 Å². The van der Waals surface area contributed by atoms with Crippen LogP contribution in [0.15, 0.2) is 0 Å². The van der Waals surface area contributed by atoms with Crippen LogP contribution in [0.3, 0.4) is 0 Å². The van der Waals surface area contributed by atoms with E-state index < -0.39 is 0 Å². The Hall–Kier alpha value is -0.120. The first-order valence-corrected chi connectivity index (χ1v) is 7.08. The van der Waals surface area contributed by atoms with E-state index in [1.165, 1.54) is 12.8 Å². The molecule has 1 saturated carbocycles. The molecule has 3 nitrogen and oxygen atoms in total. The van der Waals surface area contributed by atoms with Crippen molar-refractivity contribution >= 4 is 0 Å². The summed E-state index contributed by atoms with van der Waals surface area (Å²) in [6.07, 6.45) is 4.17. The molecule has 1 rings (SSSR count). The van der Waals surface area contributed by atoms with Crippen molar-refractivity contribution in [3.05, 3.63) is 0 Å². The fourth-order valence-corrected chi connectivity index (χ4v) is 2.51. The Morgan fingerprint density at radius 3 is 2.47 bits per heavy atom. The molecule has 0 aromatic rings. The summed E-state index contributed by atoms with van der Waals surface area (Å²) in [5.74, 6) is 1.39. The number of likely N-dealkylation sites (N-methyl/N-ethyl adjacent to an activating group) is 1. The van der Waals surface area contributed by atoms with Gasteiger partial charge in [0.1, 0.15) is 0 Å². The second-order valence-corrected chi connectivity index (χ2v) is 5.10.